The monoisotopic (exact) mass is 457 g/mol. The molecule has 0 atom stereocenters. The summed E-state index contributed by atoms with van der Waals surface area (Å²) < 4.78 is 2.43. The molecule has 0 bridgehead atoms. The van der Waals surface area contributed by atoms with Gasteiger partial charge < -0.3 is 0 Å². The average Bonchev–Trinajstić information content (AvgIpc) is 3.20. The van der Waals surface area contributed by atoms with Crippen molar-refractivity contribution in [1.29, 1.82) is 0 Å². The van der Waals surface area contributed by atoms with E-state index >= 15 is 0 Å². The van der Waals surface area contributed by atoms with Gasteiger partial charge in [-0.05, 0) is 0 Å². The molecule has 1 nitrogen and oxygen atoms in total. The first kappa shape index (κ1) is 18.4. The van der Waals surface area contributed by atoms with Gasteiger partial charge in [-0.3, -0.25) is 0 Å². The van der Waals surface area contributed by atoms with E-state index in [9.17, 15) is 0 Å². The molecule has 1 aromatic heterocycles. The Morgan fingerprint density at radius 3 is 1.62 bits per heavy atom. The fraction of sp³-hybridized carbons (Fsp3) is 0. The second-order valence-electron chi connectivity index (χ2n) is 7.01. The molecule has 0 radical (unpaired) electrons. The predicted molar refractivity (Wildman–Crippen MR) is 128 cm³/mol. The molecule has 140 valence electrons. The molecule has 0 aliphatic rings. The third-order valence-corrected chi connectivity index (χ3v) is 12.1. The van der Waals surface area contributed by atoms with Crippen molar-refractivity contribution < 1.29 is 0 Å². The van der Waals surface area contributed by atoms with E-state index in [0.717, 1.165) is 0 Å². The molecule has 0 N–H and O–H groups in total. The van der Waals surface area contributed by atoms with Crippen molar-refractivity contribution >= 4 is 47.6 Å². The van der Waals surface area contributed by atoms with E-state index in [4.69, 9.17) is 0 Å². The number of benzene rings is 4. The van der Waals surface area contributed by atoms with Crippen molar-refractivity contribution in [3.8, 4) is 5.69 Å². The van der Waals surface area contributed by atoms with Gasteiger partial charge in [-0.25, -0.2) is 0 Å². The van der Waals surface area contributed by atoms with E-state index < -0.39 is 5.51 Å². The summed E-state index contributed by atoms with van der Waals surface area (Å²) in [6, 6.07) is 43.5. The SMILES string of the molecule is [Se]=P(c1ccccc1)(c1ccccc1)c1cc2ccccc2n1-c1ccccc1. The molecule has 4 aromatic carbocycles. The molecule has 0 spiro atoms. The molecule has 5 aromatic rings. The number of hydrogen-bond acceptors (Lipinski definition) is 0. The van der Waals surface area contributed by atoms with Crippen LogP contribution in [0.3, 0.4) is 0 Å². The zero-order valence-corrected chi connectivity index (χ0v) is 18.5. The number of para-hydroxylation sites is 2. The van der Waals surface area contributed by atoms with Crippen LogP contribution in [0.2, 0.25) is 0 Å². The van der Waals surface area contributed by atoms with E-state index in [0.29, 0.717) is 0 Å². The van der Waals surface area contributed by atoms with Crippen LogP contribution in [0.5, 0.6) is 0 Å². The van der Waals surface area contributed by atoms with Crippen LogP contribution in [-0.2, 0) is 0 Å². The molecule has 0 aliphatic carbocycles. The van der Waals surface area contributed by atoms with Crippen molar-refractivity contribution in [3.63, 3.8) is 0 Å². The summed E-state index contributed by atoms with van der Waals surface area (Å²) in [5.74, 6) is 0. The molecule has 29 heavy (non-hydrogen) atoms. The minimum atomic E-state index is -1.96. The molecule has 3 heteroatoms. The first-order valence-corrected chi connectivity index (χ1v) is 13.7. The van der Waals surface area contributed by atoms with E-state index in [1.807, 2.05) is 0 Å². The number of hydrogen-bond donors (Lipinski definition) is 0. The summed E-state index contributed by atoms with van der Waals surface area (Å²) >= 11 is 3.70. The summed E-state index contributed by atoms with van der Waals surface area (Å²) in [7, 11) is 0. The Hall–Kier alpha value is -2.63. The Labute approximate surface area is 178 Å². The van der Waals surface area contributed by atoms with Crippen molar-refractivity contribution in [2.75, 3.05) is 0 Å². The van der Waals surface area contributed by atoms with Gasteiger partial charge in [-0.15, -0.1) is 0 Å². The van der Waals surface area contributed by atoms with Gasteiger partial charge in [0.15, 0.2) is 0 Å². The predicted octanol–water partition coefficient (Wildman–Crippen LogP) is 5.01. The second kappa shape index (κ2) is 7.65. The second-order valence-corrected chi connectivity index (χ2v) is 13.2. The Balaban J connectivity index is 1.91. The Morgan fingerprint density at radius 1 is 0.552 bits per heavy atom. The van der Waals surface area contributed by atoms with Crippen LogP contribution < -0.4 is 16.0 Å². The first-order chi connectivity index (χ1) is 14.3. The number of rotatable bonds is 4. The zero-order valence-electron chi connectivity index (χ0n) is 15.8. The molecular weight excluding hydrogens is 436 g/mol. The van der Waals surface area contributed by atoms with Crippen LogP contribution in [-0.4, -0.2) is 19.7 Å². The van der Waals surface area contributed by atoms with Gasteiger partial charge in [0, 0.05) is 0 Å². The average molecular weight is 456 g/mol. The molecule has 0 fully saturated rings. The van der Waals surface area contributed by atoms with E-state index in [2.05, 4.69) is 141 Å². The van der Waals surface area contributed by atoms with Gasteiger partial charge in [0.25, 0.3) is 0 Å². The van der Waals surface area contributed by atoms with Crippen LogP contribution in [0.15, 0.2) is 121 Å². The first-order valence-electron chi connectivity index (χ1n) is 9.66. The van der Waals surface area contributed by atoms with Gasteiger partial charge in [0.05, 0.1) is 0 Å². The molecular formula is C26H20NPSe. The molecule has 0 aliphatic heterocycles. The van der Waals surface area contributed by atoms with E-state index in [1.54, 1.807) is 0 Å². The van der Waals surface area contributed by atoms with Gasteiger partial charge in [-0.2, -0.15) is 0 Å². The fourth-order valence-electron chi connectivity index (χ4n) is 3.91. The molecule has 0 amide bonds. The van der Waals surface area contributed by atoms with E-state index in [-0.39, 0.29) is 0 Å². The van der Waals surface area contributed by atoms with Crippen LogP contribution in [0.25, 0.3) is 16.6 Å². The number of nitrogens with zero attached hydrogens (tertiary/aromatic N) is 1. The van der Waals surface area contributed by atoms with Crippen molar-refractivity contribution in [2.24, 2.45) is 0 Å². The summed E-state index contributed by atoms with van der Waals surface area (Å²) in [6.07, 6.45) is 0. The Bertz CT molecular complexity index is 1260. The number of aromatic nitrogens is 1. The minimum absolute atomic E-state index is 1.19. The van der Waals surface area contributed by atoms with Gasteiger partial charge in [-0.1, -0.05) is 0 Å². The third kappa shape index (κ3) is 3.15. The van der Waals surface area contributed by atoms with Crippen molar-refractivity contribution in [1.82, 2.24) is 4.57 Å². The quantitative estimate of drug-likeness (QED) is 0.265. The van der Waals surface area contributed by atoms with Crippen LogP contribution in [0, 0.1) is 0 Å². The molecule has 1 heterocycles. The zero-order chi connectivity index (χ0) is 19.7. The van der Waals surface area contributed by atoms with Crippen molar-refractivity contribution in [3.05, 3.63) is 121 Å². The van der Waals surface area contributed by atoms with Gasteiger partial charge in [0.2, 0.25) is 0 Å². The summed E-state index contributed by atoms with van der Waals surface area (Å²) in [4.78, 5) is 0. The van der Waals surface area contributed by atoms with Crippen molar-refractivity contribution in [2.45, 2.75) is 0 Å². The summed E-state index contributed by atoms with van der Waals surface area (Å²) in [5, 5.41) is 3.94. The topological polar surface area (TPSA) is 4.93 Å². The standard InChI is InChI=1S/C26H20NPSe/c29-28(23-15-6-2-7-16-23,24-17-8-3-9-18-24)26-20-21-12-10-11-19-25(21)27(26)22-13-4-1-5-14-22/h1-20H. The third-order valence-electron chi connectivity index (χ3n) is 5.27. The molecule has 5 rings (SSSR count). The van der Waals surface area contributed by atoms with Gasteiger partial charge >= 0.3 is 179 Å². The summed E-state index contributed by atoms with van der Waals surface area (Å²) in [5.41, 5.74) is 1.78. The fourth-order valence-corrected chi connectivity index (χ4v) is 9.12. The molecule has 0 saturated heterocycles. The van der Waals surface area contributed by atoms with Crippen LogP contribution >= 0.6 is 5.51 Å². The number of fused-ring (bicyclic) bond motifs is 1. The van der Waals surface area contributed by atoms with E-state index in [1.165, 1.54) is 32.6 Å². The molecule has 0 unspecified atom stereocenters. The van der Waals surface area contributed by atoms with Crippen LogP contribution in [0.1, 0.15) is 0 Å². The van der Waals surface area contributed by atoms with Gasteiger partial charge in [0.1, 0.15) is 0 Å². The maximum absolute atomic E-state index is 3.70. The van der Waals surface area contributed by atoms with Crippen LogP contribution in [0.4, 0.5) is 0 Å². The normalized spacial score (nSPS) is 11.6. The molecule has 0 saturated carbocycles. The maximum atomic E-state index is 3.70. The Kier molecular flexibility index (Phi) is 4.86. The summed E-state index contributed by atoms with van der Waals surface area (Å²) in [6.45, 7) is 0. The Morgan fingerprint density at radius 2 is 1.03 bits per heavy atom.